The third kappa shape index (κ3) is 3.58. The molecule has 0 aliphatic rings. The Morgan fingerprint density at radius 3 is 2.76 bits per heavy atom. The number of aromatic nitrogens is 4. The molecule has 0 atom stereocenters. The lowest BCUT2D eigenvalue weighted by molar-refractivity contribution is 0.965. The van der Waals surface area contributed by atoms with Crippen LogP contribution in [0, 0.1) is 0 Å². The summed E-state index contributed by atoms with van der Waals surface area (Å²) in [4.78, 5) is 15.8. The molecule has 0 aliphatic carbocycles. The first-order valence-corrected chi connectivity index (χ1v) is 7.00. The molecule has 0 amide bonds. The molecule has 0 radical (unpaired) electrons. The summed E-state index contributed by atoms with van der Waals surface area (Å²) in [7, 11) is 0. The van der Waals surface area contributed by atoms with Crippen molar-refractivity contribution in [1.29, 1.82) is 0 Å². The van der Waals surface area contributed by atoms with Gasteiger partial charge in [-0.2, -0.15) is 0 Å². The average molecular weight is 300 g/mol. The predicted molar refractivity (Wildman–Crippen MR) is 83.3 cm³/mol. The van der Waals surface area contributed by atoms with Crippen LogP contribution in [-0.4, -0.2) is 26.5 Å². The number of anilines is 1. The van der Waals surface area contributed by atoms with Gasteiger partial charge >= 0.3 is 0 Å². The minimum absolute atomic E-state index is 0.424. The largest absolute Gasteiger partial charge is 0.370 e. The highest BCUT2D eigenvalue weighted by Crippen LogP contribution is 2.19. The molecule has 0 spiro atoms. The van der Waals surface area contributed by atoms with Crippen LogP contribution in [0.1, 0.15) is 5.69 Å². The Morgan fingerprint density at radius 1 is 1.14 bits per heavy atom. The summed E-state index contributed by atoms with van der Waals surface area (Å²) in [6.07, 6.45) is 4.32. The Hall–Kier alpha value is -2.40. The number of hydrogen-bond acceptors (Lipinski definition) is 4. The van der Waals surface area contributed by atoms with Gasteiger partial charge in [-0.3, -0.25) is 0 Å². The summed E-state index contributed by atoms with van der Waals surface area (Å²) in [6.45, 7) is 0.740. The Morgan fingerprint density at radius 2 is 2.00 bits per heavy atom. The smallest absolute Gasteiger partial charge is 0.163 e. The number of benzene rings is 1. The first-order chi connectivity index (χ1) is 10.3. The van der Waals surface area contributed by atoms with Gasteiger partial charge in [0.2, 0.25) is 0 Å². The summed E-state index contributed by atoms with van der Waals surface area (Å²) >= 11 is 6.07. The third-order valence-corrected chi connectivity index (χ3v) is 3.18. The monoisotopic (exact) mass is 299 g/mol. The molecule has 0 unspecified atom stereocenters. The number of nitrogens with zero attached hydrogens (tertiary/aromatic N) is 3. The van der Waals surface area contributed by atoms with Gasteiger partial charge in [-0.15, -0.1) is 0 Å². The number of imidazole rings is 1. The minimum atomic E-state index is 0.424. The zero-order chi connectivity index (χ0) is 14.5. The van der Waals surface area contributed by atoms with Crippen LogP contribution in [0.5, 0.6) is 0 Å². The van der Waals surface area contributed by atoms with Gasteiger partial charge in [0.1, 0.15) is 11.0 Å². The van der Waals surface area contributed by atoms with E-state index < -0.39 is 0 Å². The zero-order valence-corrected chi connectivity index (χ0v) is 12.0. The highest BCUT2D eigenvalue weighted by Gasteiger charge is 2.05. The molecule has 3 rings (SSSR count). The van der Waals surface area contributed by atoms with Crippen molar-refractivity contribution in [3.05, 3.63) is 59.8 Å². The third-order valence-electron chi connectivity index (χ3n) is 2.98. The fourth-order valence-electron chi connectivity index (χ4n) is 1.97. The molecule has 0 bridgehead atoms. The second-order valence-electron chi connectivity index (χ2n) is 4.52. The standard InChI is InChI=1S/C15H14ClN5/c16-13-8-14(18-7-6-12-9-17-10-19-12)21-15(20-13)11-4-2-1-3-5-11/h1-5,8-10H,6-7H2,(H,17,19)(H,18,20,21). The van der Waals surface area contributed by atoms with Crippen molar-refractivity contribution in [1.82, 2.24) is 19.9 Å². The van der Waals surface area contributed by atoms with Crippen molar-refractivity contribution < 1.29 is 0 Å². The number of halogens is 1. The van der Waals surface area contributed by atoms with Gasteiger partial charge in [0.05, 0.1) is 6.33 Å². The van der Waals surface area contributed by atoms with E-state index in [0.717, 1.165) is 24.2 Å². The SMILES string of the molecule is Clc1cc(NCCc2cnc[nH]2)nc(-c2ccccc2)n1. The fraction of sp³-hybridized carbons (Fsp3) is 0.133. The molecule has 0 aliphatic heterocycles. The van der Waals surface area contributed by atoms with E-state index in [1.165, 1.54) is 0 Å². The fourth-order valence-corrected chi connectivity index (χ4v) is 2.15. The van der Waals surface area contributed by atoms with E-state index in [1.54, 1.807) is 12.4 Å². The van der Waals surface area contributed by atoms with Crippen molar-refractivity contribution in [3.63, 3.8) is 0 Å². The topological polar surface area (TPSA) is 66.5 Å². The lowest BCUT2D eigenvalue weighted by atomic mass is 10.2. The van der Waals surface area contributed by atoms with Crippen LogP contribution < -0.4 is 5.32 Å². The first-order valence-electron chi connectivity index (χ1n) is 6.62. The van der Waals surface area contributed by atoms with Crippen molar-refractivity contribution in [3.8, 4) is 11.4 Å². The molecule has 2 heterocycles. The van der Waals surface area contributed by atoms with Crippen molar-refractivity contribution >= 4 is 17.4 Å². The van der Waals surface area contributed by atoms with Crippen LogP contribution in [0.3, 0.4) is 0 Å². The molecule has 21 heavy (non-hydrogen) atoms. The van der Waals surface area contributed by atoms with Crippen LogP contribution in [0.15, 0.2) is 48.9 Å². The van der Waals surface area contributed by atoms with Crippen LogP contribution in [-0.2, 0) is 6.42 Å². The zero-order valence-electron chi connectivity index (χ0n) is 11.3. The number of rotatable bonds is 5. The number of aromatic amines is 1. The van der Waals surface area contributed by atoms with Crippen LogP contribution in [0.2, 0.25) is 5.15 Å². The summed E-state index contributed by atoms with van der Waals surface area (Å²) < 4.78 is 0. The van der Waals surface area contributed by atoms with Crippen molar-refractivity contribution in [2.75, 3.05) is 11.9 Å². The second kappa shape index (κ2) is 6.37. The van der Waals surface area contributed by atoms with Gasteiger partial charge in [0, 0.05) is 36.5 Å². The van der Waals surface area contributed by atoms with E-state index in [2.05, 4.69) is 25.3 Å². The molecule has 0 fully saturated rings. The number of hydrogen-bond donors (Lipinski definition) is 2. The lowest BCUT2D eigenvalue weighted by Gasteiger charge is -2.07. The summed E-state index contributed by atoms with van der Waals surface area (Å²) in [5.74, 6) is 1.33. The lowest BCUT2D eigenvalue weighted by Crippen LogP contribution is -2.07. The Balaban J connectivity index is 1.72. The van der Waals surface area contributed by atoms with E-state index in [9.17, 15) is 0 Å². The molecule has 6 heteroatoms. The molecule has 106 valence electrons. The highest BCUT2D eigenvalue weighted by molar-refractivity contribution is 6.29. The van der Waals surface area contributed by atoms with Crippen LogP contribution in [0.4, 0.5) is 5.82 Å². The van der Waals surface area contributed by atoms with Gasteiger partial charge in [0.15, 0.2) is 5.82 Å². The maximum atomic E-state index is 6.07. The Labute approximate surface area is 127 Å². The van der Waals surface area contributed by atoms with E-state index >= 15 is 0 Å². The molecule has 2 N–H and O–H groups in total. The summed E-state index contributed by atoms with van der Waals surface area (Å²) in [5, 5.41) is 3.67. The van der Waals surface area contributed by atoms with Crippen molar-refractivity contribution in [2.24, 2.45) is 0 Å². The van der Waals surface area contributed by atoms with E-state index in [-0.39, 0.29) is 0 Å². The highest BCUT2D eigenvalue weighted by atomic mass is 35.5. The number of nitrogens with one attached hydrogen (secondary N) is 2. The molecule has 3 aromatic rings. The maximum absolute atomic E-state index is 6.07. The maximum Gasteiger partial charge on any atom is 0.163 e. The molecule has 0 saturated carbocycles. The van der Waals surface area contributed by atoms with E-state index in [1.807, 2.05) is 36.5 Å². The molecule has 2 aromatic heterocycles. The van der Waals surface area contributed by atoms with Crippen LogP contribution >= 0.6 is 11.6 Å². The van der Waals surface area contributed by atoms with Crippen LogP contribution in [0.25, 0.3) is 11.4 Å². The van der Waals surface area contributed by atoms with Gasteiger partial charge in [0.25, 0.3) is 0 Å². The quantitative estimate of drug-likeness (QED) is 0.710. The van der Waals surface area contributed by atoms with Gasteiger partial charge in [-0.1, -0.05) is 41.9 Å². The summed E-state index contributed by atoms with van der Waals surface area (Å²) in [5.41, 5.74) is 2.02. The molecular weight excluding hydrogens is 286 g/mol. The first kappa shape index (κ1) is 13.6. The predicted octanol–water partition coefficient (Wildman–Crippen LogP) is 3.17. The average Bonchev–Trinajstić information content (AvgIpc) is 3.01. The Bertz CT molecular complexity index is 697. The number of H-pyrrole nitrogens is 1. The molecule has 1 aromatic carbocycles. The molecule has 5 nitrogen and oxygen atoms in total. The Kier molecular flexibility index (Phi) is 4.12. The molecular formula is C15H14ClN5. The normalized spacial score (nSPS) is 10.5. The van der Waals surface area contributed by atoms with Gasteiger partial charge in [-0.25, -0.2) is 15.0 Å². The van der Waals surface area contributed by atoms with E-state index in [0.29, 0.717) is 16.8 Å². The second-order valence-corrected chi connectivity index (χ2v) is 4.91. The molecule has 0 saturated heterocycles. The van der Waals surface area contributed by atoms with Gasteiger partial charge < -0.3 is 10.3 Å². The summed E-state index contributed by atoms with van der Waals surface area (Å²) in [6, 6.07) is 11.5. The van der Waals surface area contributed by atoms with E-state index in [4.69, 9.17) is 11.6 Å². The van der Waals surface area contributed by atoms with Crippen molar-refractivity contribution in [2.45, 2.75) is 6.42 Å². The van der Waals surface area contributed by atoms with Gasteiger partial charge in [-0.05, 0) is 0 Å². The minimum Gasteiger partial charge on any atom is -0.370 e.